The van der Waals surface area contributed by atoms with E-state index in [0.717, 1.165) is 0 Å². The van der Waals surface area contributed by atoms with Gasteiger partial charge in [0, 0.05) is 5.38 Å². The maximum atomic E-state index is 11.1. The number of nitrogen functional groups attached to an aromatic ring is 1. The third kappa shape index (κ3) is 4.38. The predicted molar refractivity (Wildman–Crippen MR) is 52.0 cm³/mol. The van der Waals surface area contributed by atoms with E-state index >= 15 is 0 Å². The number of thiazole rings is 1. The van der Waals surface area contributed by atoms with E-state index in [2.05, 4.69) is 9.82 Å². The molecule has 0 saturated heterocycles. The number of rotatable bonds is 5. The Morgan fingerprint density at radius 3 is 2.93 bits per heavy atom. The highest BCUT2D eigenvalue weighted by atomic mass is 32.1. The van der Waals surface area contributed by atoms with Gasteiger partial charge >= 0.3 is 5.97 Å². The summed E-state index contributed by atoms with van der Waals surface area (Å²) < 4.78 is 0. The van der Waals surface area contributed by atoms with E-state index in [0.29, 0.717) is 10.8 Å². The average Bonchev–Trinajstić information content (AvgIpc) is 2.50. The molecule has 0 unspecified atom stereocenters. The minimum Gasteiger partial charge on any atom is -0.479 e. The number of carboxylic acid groups (broad SMARTS) is 1. The Balaban J connectivity index is 2.27. The number of hydrogen-bond donors (Lipinski definition) is 3. The fourth-order valence-corrected chi connectivity index (χ4v) is 1.35. The molecule has 0 aliphatic heterocycles. The molecule has 82 valence electrons. The Bertz CT molecular complexity index is 365. The van der Waals surface area contributed by atoms with E-state index in [1.165, 1.54) is 11.3 Å². The number of hydroxylamine groups is 1. The summed E-state index contributed by atoms with van der Waals surface area (Å²) in [6, 6.07) is 0. The molecule has 0 radical (unpaired) electrons. The first kappa shape index (κ1) is 11.4. The van der Waals surface area contributed by atoms with Crippen molar-refractivity contribution in [3.05, 3.63) is 11.1 Å². The van der Waals surface area contributed by atoms with Crippen molar-refractivity contribution in [3.63, 3.8) is 0 Å². The van der Waals surface area contributed by atoms with Gasteiger partial charge in [-0.15, -0.1) is 11.3 Å². The van der Waals surface area contributed by atoms with Crippen LogP contribution in [0.3, 0.4) is 0 Å². The summed E-state index contributed by atoms with van der Waals surface area (Å²) in [6.07, 6.45) is 0.00726. The fraction of sp³-hybridized carbons (Fsp3) is 0.286. The lowest BCUT2D eigenvalue weighted by Gasteiger charge is -2.01. The molecule has 0 aromatic carbocycles. The van der Waals surface area contributed by atoms with Gasteiger partial charge in [-0.1, -0.05) is 0 Å². The van der Waals surface area contributed by atoms with Crippen molar-refractivity contribution in [2.45, 2.75) is 6.42 Å². The van der Waals surface area contributed by atoms with Crippen LogP contribution in [0.4, 0.5) is 5.13 Å². The van der Waals surface area contributed by atoms with Crippen LogP contribution in [-0.2, 0) is 20.8 Å². The minimum atomic E-state index is -1.16. The van der Waals surface area contributed by atoms with Gasteiger partial charge in [0.05, 0.1) is 12.1 Å². The highest BCUT2D eigenvalue weighted by molar-refractivity contribution is 7.13. The van der Waals surface area contributed by atoms with Crippen molar-refractivity contribution < 1.29 is 19.5 Å². The highest BCUT2D eigenvalue weighted by Crippen LogP contribution is 2.10. The number of aromatic nitrogens is 1. The summed E-state index contributed by atoms with van der Waals surface area (Å²) >= 11 is 1.23. The minimum absolute atomic E-state index is 0.00726. The van der Waals surface area contributed by atoms with Gasteiger partial charge < -0.3 is 10.8 Å². The number of carboxylic acids is 1. The lowest BCUT2D eigenvalue weighted by atomic mass is 10.3. The number of amides is 1. The maximum Gasteiger partial charge on any atom is 0.332 e. The van der Waals surface area contributed by atoms with Gasteiger partial charge in [0.1, 0.15) is 0 Å². The van der Waals surface area contributed by atoms with Crippen LogP contribution in [-0.4, -0.2) is 28.6 Å². The zero-order chi connectivity index (χ0) is 11.3. The Morgan fingerprint density at radius 1 is 1.67 bits per heavy atom. The van der Waals surface area contributed by atoms with Crippen LogP contribution in [0.2, 0.25) is 0 Å². The van der Waals surface area contributed by atoms with Gasteiger partial charge in [0.15, 0.2) is 11.7 Å². The van der Waals surface area contributed by atoms with Crippen molar-refractivity contribution in [2.75, 3.05) is 12.3 Å². The number of anilines is 1. The quantitative estimate of drug-likeness (QED) is 0.583. The molecule has 1 aromatic rings. The summed E-state index contributed by atoms with van der Waals surface area (Å²) in [7, 11) is 0. The molecule has 7 nitrogen and oxygen atoms in total. The summed E-state index contributed by atoms with van der Waals surface area (Å²) in [4.78, 5) is 29.4. The second-order valence-corrected chi connectivity index (χ2v) is 3.45. The molecule has 0 aliphatic carbocycles. The van der Waals surface area contributed by atoms with Crippen molar-refractivity contribution in [2.24, 2.45) is 0 Å². The zero-order valence-electron chi connectivity index (χ0n) is 7.60. The molecule has 0 fully saturated rings. The van der Waals surface area contributed by atoms with Gasteiger partial charge in [-0.05, 0) is 0 Å². The highest BCUT2D eigenvalue weighted by Gasteiger charge is 2.07. The lowest BCUT2D eigenvalue weighted by Crippen LogP contribution is -2.28. The molecular formula is C7H9N3O4S. The number of carbonyl (C=O) groups excluding carboxylic acids is 1. The summed E-state index contributed by atoms with van der Waals surface area (Å²) in [5.41, 5.74) is 7.86. The first-order chi connectivity index (χ1) is 7.08. The SMILES string of the molecule is Nc1nc(CC(=O)NOCC(=O)O)cs1. The summed E-state index contributed by atoms with van der Waals surface area (Å²) in [5, 5.41) is 10.2. The molecule has 1 aromatic heterocycles. The topological polar surface area (TPSA) is 115 Å². The average molecular weight is 231 g/mol. The summed E-state index contributed by atoms with van der Waals surface area (Å²) in [6.45, 7) is -0.578. The molecule has 4 N–H and O–H groups in total. The molecule has 1 rings (SSSR count). The predicted octanol–water partition coefficient (Wildman–Crippen LogP) is -0.600. The molecule has 15 heavy (non-hydrogen) atoms. The van der Waals surface area contributed by atoms with Crippen LogP contribution < -0.4 is 11.2 Å². The second kappa shape index (κ2) is 5.27. The van der Waals surface area contributed by atoms with Crippen LogP contribution in [0.15, 0.2) is 5.38 Å². The molecule has 0 saturated carbocycles. The van der Waals surface area contributed by atoms with Crippen LogP contribution >= 0.6 is 11.3 Å². The van der Waals surface area contributed by atoms with Crippen LogP contribution in [0.1, 0.15) is 5.69 Å². The third-order valence-electron chi connectivity index (χ3n) is 1.29. The normalized spacial score (nSPS) is 9.87. The molecule has 8 heteroatoms. The third-order valence-corrected chi connectivity index (χ3v) is 2.02. The standard InChI is InChI=1S/C7H9N3O4S/c8-7-9-4(3-15-7)1-5(11)10-14-2-6(12)13/h3H,1-2H2,(H2,8,9)(H,10,11)(H,12,13). The first-order valence-electron chi connectivity index (χ1n) is 3.90. The number of nitrogens with zero attached hydrogens (tertiary/aromatic N) is 1. The molecule has 1 heterocycles. The van der Waals surface area contributed by atoms with E-state index in [4.69, 9.17) is 10.8 Å². The maximum absolute atomic E-state index is 11.1. The van der Waals surface area contributed by atoms with E-state index in [1.807, 2.05) is 5.48 Å². The van der Waals surface area contributed by atoms with Crippen molar-refractivity contribution in [1.82, 2.24) is 10.5 Å². The number of carbonyl (C=O) groups is 2. The smallest absolute Gasteiger partial charge is 0.332 e. The van der Waals surface area contributed by atoms with E-state index in [-0.39, 0.29) is 6.42 Å². The Hall–Kier alpha value is -1.67. The van der Waals surface area contributed by atoms with E-state index in [1.54, 1.807) is 5.38 Å². The van der Waals surface area contributed by atoms with Gasteiger partial charge in [-0.2, -0.15) is 0 Å². The number of hydrogen-bond acceptors (Lipinski definition) is 6. The molecule has 0 aliphatic rings. The first-order valence-corrected chi connectivity index (χ1v) is 4.78. The molecule has 0 spiro atoms. The number of nitrogens with one attached hydrogen (secondary N) is 1. The van der Waals surface area contributed by atoms with Gasteiger partial charge in [0.2, 0.25) is 5.91 Å². The Labute approximate surface area is 88.8 Å². The van der Waals surface area contributed by atoms with Gasteiger partial charge in [-0.3, -0.25) is 9.63 Å². The molecule has 0 atom stereocenters. The largest absolute Gasteiger partial charge is 0.479 e. The summed E-state index contributed by atoms with van der Waals surface area (Å²) in [5.74, 6) is -1.63. The number of nitrogens with two attached hydrogens (primary N) is 1. The lowest BCUT2D eigenvalue weighted by molar-refractivity contribution is -0.149. The van der Waals surface area contributed by atoms with Crippen LogP contribution in [0, 0.1) is 0 Å². The van der Waals surface area contributed by atoms with Crippen LogP contribution in [0.5, 0.6) is 0 Å². The van der Waals surface area contributed by atoms with Gasteiger partial charge in [0.25, 0.3) is 0 Å². The second-order valence-electron chi connectivity index (χ2n) is 2.56. The van der Waals surface area contributed by atoms with Crippen molar-refractivity contribution >= 4 is 28.3 Å². The van der Waals surface area contributed by atoms with Crippen molar-refractivity contribution in [1.29, 1.82) is 0 Å². The monoisotopic (exact) mass is 231 g/mol. The van der Waals surface area contributed by atoms with E-state index in [9.17, 15) is 9.59 Å². The molecule has 0 bridgehead atoms. The molecule has 1 amide bonds. The zero-order valence-corrected chi connectivity index (χ0v) is 8.41. The Morgan fingerprint density at radius 2 is 2.40 bits per heavy atom. The fourth-order valence-electron chi connectivity index (χ4n) is 0.783. The van der Waals surface area contributed by atoms with Crippen molar-refractivity contribution in [3.8, 4) is 0 Å². The van der Waals surface area contributed by atoms with Gasteiger partial charge in [-0.25, -0.2) is 15.3 Å². The Kier molecular flexibility index (Phi) is 4.01. The van der Waals surface area contributed by atoms with Crippen LogP contribution in [0.25, 0.3) is 0 Å². The van der Waals surface area contributed by atoms with E-state index < -0.39 is 18.5 Å². The number of aliphatic carboxylic acids is 1. The molecular weight excluding hydrogens is 222 g/mol.